The molecule has 0 atom stereocenters. The second-order valence-corrected chi connectivity index (χ2v) is 16.1. The van der Waals surface area contributed by atoms with Gasteiger partial charge in [0.05, 0.1) is 0 Å². The van der Waals surface area contributed by atoms with E-state index in [4.69, 9.17) is 12.8 Å². The van der Waals surface area contributed by atoms with Crippen LogP contribution in [0.5, 0.6) is 0 Å². The van der Waals surface area contributed by atoms with Crippen LogP contribution in [0.2, 0.25) is 0 Å². The summed E-state index contributed by atoms with van der Waals surface area (Å²) in [7, 11) is -0.696. The first-order valence-corrected chi connectivity index (χ1v) is 16.7. The summed E-state index contributed by atoms with van der Waals surface area (Å²) >= 11 is 0. The standard InChI is InChI=1S/C26H24P2.2C6H9.Pt/c1-5-13-23(14-6-1)27(24-15-7-2-8-16-24)21-22-28(25-17-9-3-10-18-25)26-19-11-4-12-20-26;2*1-5-6(2,3)4;/h1-20H,21-22H2;2*2-4H3;/q;2*-1;+2. The summed E-state index contributed by atoms with van der Waals surface area (Å²) in [4.78, 5) is 0. The zero-order valence-corrected chi connectivity index (χ0v) is 29.2. The summed E-state index contributed by atoms with van der Waals surface area (Å²) in [6, 6.07) is 44.2. The van der Waals surface area contributed by atoms with Crippen LogP contribution in [-0.4, -0.2) is 12.3 Å². The van der Waals surface area contributed by atoms with Gasteiger partial charge < -0.3 is 24.7 Å². The SMILES string of the molecule is [C-]#CC(C)(C)C.[C-]#CC(C)(C)C.[Pt+2].c1ccc(P(CCP(c2ccccc2)c2ccccc2)c2ccccc2)cc1. The van der Waals surface area contributed by atoms with Gasteiger partial charge >= 0.3 is 21.1 Å². The van der Waals surface area contributed by atoms with Crippen LogP contribution < -0.4 is 21.2 Å². The van der Waals surface area contributed by atoms with E-state index in [-0.39, 0.29) is 47.7 Å². The Morgan fingerprint density at radius 2 is 0.610 bits per heavy atom. The Kier molecular flexibility index (Phi) is 16.8. The maximum absolute atomic E-state index is 6.60. The number of hydrogen-bond donors (Lipinski definition) is 0. The molecule has 0 fully saturated rings. The second-order valence-electron chi connectivity index (χ2n) is 11.4. The summed E-state index contributed by atoms with van der Waals surface area (Å²) in [6.45, 7) is 11.7. The van der Waals surface area contributed by atoms with Gasteiger partial charge in [-0.1, -0.05) is 163 Å². The van der Waals surface area contributed by atoms with E-state index >= 15 is 0 Å². The Morgan fingerprint density at radius 3 is 0.756 bits per heavy atom. The maximum Gasteiger partial charge on any atom is 2.00 e. The van der Waals surface area contributed by atoms with Gasteiger partial charge in [0.2, 0.25) is 0 Å². The second kappa shape index (κ2) is 18.9. The zero-order chi connectivity index (χ0) is 29.4. The van der Waals surface area contributed by atoms with E-state index < -0.39 is 0 Å². The Morgan fingerprint density at radius 1 is 0.439 bits per heavy atom. The Hall–Kier alpha value is -2.45. The molecule has 0 aromatic heterocycles. The smallest absolute Gasteiger partial charge is 0.693 e. The number of rotatable bonds is 7. The molecule has 0 N–H and O–H groups in total. The van der Waals surface area contributed by atoms with Gasteiger partial charge in [0, 0.05) is 0 Å². The zero-order valence-electron chi connectivity index (χ0n) is 25.2. The summed E-state index contributed by atoms with van der Waals surface area (Å²) in [5.74, 6) is 4.71. The van der Waals surface area contributed by atoms with Gasteiger partial charge in [-0.25, -0.2) is 0 Å². The maximum atomic E-state index is 6.60. The average Bonchev–Trinajstić information content (AvgIpc) is 2.97. The summed E-state index contributed by atoms with van der Waals surface area (Å²) in [6.07, 6.45) is 15.6. The van der Waals surface area contributed by atoms with E-state index in [1.165, 1.54) is 33.5 Å². The Balaban J connectivity index is 0.000000547. The van der Waals surface area contributed by atoms with Gasteiger partial charge in [-0.05, 0) is 60.2 Å². The molecule has 0 nitrogen and oxygen atoms in total. The predicted molar refractivity (Wildman–Crippen MR) is 181 cm³/mol. The van der Waals surface area contributed by atoms with E-state index in [1.807, 2.05) is 41.5 Å². The third kappa shape index (κ3) is 14.8. The van der Waals surface area contributed by atoms with Crippen molar-refractivity contribution in [2.75, 3.05) is 12.3 Å². The van der Waals surface area contributed by atoms with Crippen molar-refractivity contribution in [3.8, 4) is 11.8 Å². The van der Waals surface area contributed by atoms with Crippen molar-refractivity contribution in [2.24, 2.45) is 10.8 Å². The number of hydrogen-bond acceptors (Lipinski definition) is 0. The molecule has 0 saturated heterocycles. The third-order valence-corrected chi connectivity index (χ3v) is 10.9. The van der Waals surface area contributed by atoms with Crippen molar-refractivity contribution in [2.45, 2.75) is 41.5 Å². The van der Waals surface area contributed by atoms with E-state index in [1.54, 1.807) is 0 Å². The molecule has 0 aliphatic heterocycles. The van der Waals surface area contributed by atoms with E-state index in [0.717, 1.165) is 0 Å². The molecule has 4 aromatic rings. The van der Waals surface area contributed by atoms with Crippen LogP contribution in [0.15, 0.2) is 121 Å². The predicted octanol–water partition coefficient (Wildman–Crippen LogP) is 8.49. The van der Waals surface area contributed by atoms with Gasteiger partial charge in [-0.3, -0.25) is 0 Å². The molecule has 0 aliphatic rings. The molecule has 0 bridgehead atoms. The molecule has 3 heteroatoms. The molecule has 0 saturated carbocycles. The van der Waals surface area contributed by atoms with Crippen molar-refractivity contribution in [1.82, 2.24) is 0 Å². The molecule has 0 aliphatic carbocycles. The first-order valence-electron chi connectivity index (χ1n) is 13.7. The summed E-state index contributed by atoms with van der Waals surface area (Å²) in [5.41, 5.74) is -0.0833. The minimum atomic E-state index is -0.348. The van der Waals surface area contributed by atoms with Gasteiger partial charge in [0.1, 0.15) is 0 Å². The first-order chi connectivity index (χ1) is 19.0. The molecule has 41 heavy (non-hydrogen) atoms. The van der Waals surface area contributed by atoms with Crippen molar-refractivity contribution < 1.29 is 21.1 Å². The fraction of sp³-hybridized carbons (Fsp3) is 0.263. The average molecular weight is 756 g/mol. The molecule has 0 unspecified atom stereocenters. The van der Waals surface area contributed by atoms with Gasteiger partial charge in [0.25, 0.3) is 0 Å². The van der Waals surface area contributed by atoms with Crippen molar-refractivity contribution >= 4 is 37.1 Å². The van der Waals surface area contributed by atoms with Crippen LogP contribution in [0.3, 0.4) is 0 Å². The van der Waals surface area contributed by atoms with Crippen molar-refractivity contribution in [1.29, 1.82) is 0 Å². The summed E-state index contributed by atoms with van der Waals surface area (Å²) < 4.78 is 0. The van der Waals surface area contributed by atoms with Gasteiger partial charge in [-0.15, -0.1) is 0 Å². The molecule has 0 radical (unpaired) electrons. The largest absolute Gasteiger partial charge is 2.00 e. The van der Waals surface area contributed by atoms with E-state index in [0.29, 0.717) is 0 Å². The summed E-state index contributed by atoms with van der Waals surface area (Å²) in [5, 5.41) is 5.89. The fourth-order valence-corrected chi connectivity index (χ4v) is 8.80. The van der Waals surface area contributed by atoms with Crippen molar-refractivity contribution in [3.63, 3.8) is 0 Å². The van der Waals surface area contributed by atoms with Crippen LogP contribution >= 0.6 is 15.8 Å². The molecule has 214 valence electrons. The van der Waals surface area contributed by atoms with E-state index in [2.05, 4.69) is 133 Å². The first kappa shape index (κ1) is 36.6. The molecular weight excluding hydrogens is 713 g/mol. The van der Waals surface area contributed by atoms with Crippen LogP contribution in [0.4, 0.5) is 0 Å². The van der Waals surface area contributed by atoms with Crippen molar-refractivity contribution in [3.05, 3.63) is 134 Å². The Labute approximate surface area is 267 Å². The molecule has 0 amide bonds. The van der Waals surface area contributed by atoms with Crippen LogP contribution in [0.25, 0.3) is 0 Å². The normalized spacial score (nSPS) is 10.6. The quantitative estimate of drug-likeness (QED) is 0.101. The number of benzene rings is 4. The topological polar surface area (TPSA) is 0 Å². The van der Waals surface area contributed by atoms with Gasteiger partial charge in [-0.2, -0.15) is 0 Å². The van der Waals surface area contributed by atoms with Crippen LogP contribution in [0, 0.1) is 35.5 Å². The minimum Gasteiger partial charge on any atom is -0.693 e. The van der Waals surface area contributed by atoms with Crippen LogP contribution in [-0.2, 0) is 21.1 Å². The molecule has 4 aromatic carbocycles. The third-order valence-electron chi connectivity index (χ3n) is 5.57. The Bertz CT molecular complexity index is 1120. The molecule has 0 heterocycles. The monoisotopic (exact) mass is 755 g/mol. The molecular formula is C38H42P2Pt. The van der Waals surface area contributed by atoms with Gasteiger partial charge in [0.15, 0.2) is 0 Å². The van der Waals surface area contributed by atoms with Crippen LogP contribution in [0.1, 0.15) is 41.5 Å². The molecule has 4 rings (SSSR count). The minimum absolute atomic E-state index is 0. The van der Waals surface area contributed by atoms with E-state index in [9.17, 15) is 0 Å². The fourth-order valence-electron chi connectivity index (χ4n) is 3.45. The molecule has 0 spiro atoms.